The highest BCUT2D eigenvalue weighted by atomic mass is 16.7. The zero-order chi connectivity index (χ0) is 8.10. The van der Waals surface area contributed by atoms with Gasteiger partial charge >= 0.3 is 0 Å². The van der Waals surface area contributed by atoms with Gasteiger partial charge in [-0.15, -0.1) is 0 Å². The first kappa shape index (κ1) is 7.85. The van der Waals surface area contributed by atoms with Gasteiger partial charge < -0.3 is 4.84 Å². The molecule has 0 saturated heterocycles. The quantitative estimate of drug-likeness (QED) is 0.527. The van der Waals surface area contributed by atoms with Gasteiger partial charge in [0, 0.05) is 12.3 Å². The molecule has 0 aromatic heterocycles. The van der Waals surface area contributed by atoms with Gasteiger partial charge in [-0.3, -0.25) is 0 Å². The Kier molecular flexibility index (Phi) is 2.72. The summed E-state index contributed by atoms with van der Waals surface area (Å²) in [7, 11) is 0. The first-order valence-electron chi connectivity index (χ1n) is 3.80. The van der Waals surface area contributed by atoms with E-state index in [1.54, 1.807) is 17.5 Å². The van der Waals surface area contributed by atoms with E-state index < -0.39 is 0 Å². The Bertz CT molecular complexity index is 206. The number of aliphatic imine (C=N–C) groups is 1. The van der Waals surface area contributed by atoms with E-state index in [2.05, 4.69) is 4.99 Å². The Morgan fingerprint density at radius 1 is 1.55 bits per heavy atom. The minimum absolute atomic E-state index is 0.797. The van der Waals surface area contributed by atoms with Crippen LogP contribution in [0.2, 0.25) is 0 Å². The van der Waals surface area contributed by atoms with E-state index in [9.17, 15) is 0 Å². The molecule has 2 rings (SSSR count). The SMILES string of the molecule is C1=CN=C2C=CON2C1.CC. The lowest BCUT2D eigenvalue weighted by Gasteiger charge is -2.16. The zero-order valence-electron chi connectivity index (χ0n) is 6.82. The van der Waals surface area contributed by atoms with Crippen LogP contribution in [0.15, 0.2) is 29.6 Å². The lowest BCUT2D eigenvalue weighted by molar-refractivity contribution is -0.0101. The molecule has 0 radical (unpaired) electrons. The highest BCUT2D eigenvalue weighted by Crippen LogP contribution is 2.08. The molecule has 0 aliphatic carbocycles. The largest absolute Gasteiger partial charge is 0.385 e. The standard InChI is InChI=1S/C6H6N2O.C2H6/c1-3-7-6-2-5-9-8(6)4-1;1-2/h1-3,5H,4H2;1-2H3. The third-order valence-electron chi connectivity index (χ3n) is 1.24. The number of nitrogens with zero attached hydrogens (tertiary/aromatic N) is 2. The van der Waals surface area contributed by atoms with Crippen LogP contribution in [-0.4, -0.2) is 17.4 Å². The maximum Gasteiger partial charge on any atom is 0.166 e. The third-order valence-corrected chi connectivity index (χ3v) is 1.24. The van der Waals surface area contributed by atoms with Crippen molar-refractivity contribution in [3.63, 3.8) is 0 Å². The normalized spacial score (nSPS) is 18.0. The predicted octanol–water partition coefficient (Wildman–Crippen LogP) is 1.70. The number of hydroxylamine groups is 2. The smallest absolute Gasteiger partial charge is 0.166 e. The molecule has 3 nitrogen and oxygen atoms in total. The van der Waals surface area contributed by atoms with Gasteiger partial charge in [0.1, 0.15) is 6.26 Å². The van der Waals surface area contributed by atoms with Crippen molar-refractivity contribution < 1.29 is 4.84 Å². The Hall–Kier alpha value is -1.25. The van der Waals surface area contributed by atoms with Gasteiger partial charge in [0.05, 0.1) is 6.54 Å². The van der Waals surface area contributed by atoms with Crippen LogP contribution >= 0.6 is 0 Å². The molecule has 3 heteroatoms. The van der Waals surface area contributed by atoms with Crippen LogP contribution in [0, 0.1) is 0 Å². The molecule has 0 fully saturated rings. The molecule has 0 atom stereocenters. The van der Waals surface area contributed by atoms with Gasteiger partial charge in [0.15, 0.2) is 5.84 Å². The second kappa shape index (κ2) is 3.81. The van der Waals surface area contributed by atoms with E-state index in [-0.39, 0.29) is 0 Å². The molecular weight excluding hydrogens is 140 g/mol. The average molecular weight is 152 g/mol. The summed E-state index contributed by atoms with van der Waals surface area (Å²) in [5.74, 6) is 0.887. The molecule has 60 valence electrons. The number of hydrogen-bond donors (Lipinski definition) is 0. The van der Waals surface area contributed by atoms with Crippen molar-refractivity contribution in [3.05, 3.63) is 24.6 Å². The van der Waals surface area contributed by atoms with E-state index in [1.807, 2.05) is 26.0 Å². The molecule has 0 aromatic carbocycles. The number of rotatable bonds is 0. The van der Waals surface area contributed by atoms with Crippen molar-refractivity contribution in [1.29, 1.82) is 0 Å². The zero-order valence-corrected chi connectivity index (χ0v) is 6.82. The summed E-state index contributed by atoms with van der Waals surface area (Å²) in [4.78, 5) is 9.07. The van der Waals surface area contributed by atoms with Gasteiger partial charge in [-0.2, -0.15) is 5.06 Å². The van der Waals surface area contributed by atoms with Gasteiger partial charge in [0.25, 0.3) is 0 Å². The molecule has 2 heterocycles. The Morgan fingerprint density at radius 3 is 3.09 bits per heavy atom. The third kappa shape index (κ3) is 1.61. The minimum atomic E-state index is 0.797. The van der Waals surface area contributed by atoms with Crippen molar-refractivity contribution in [2.24, 2.45) is 4.99 Å². The fourth-order valence-corrected chi connectivity index (χ4v) is 0.818. The van der Waals surface area contributed by atoms with E-state index in [1.165, 1.54) is 0 Å². The summed E-state index contributed by atoms with van der Waals surface area (Å²) in [6.45, 7) is 4.80. The fourth-order valence-electron chi connectivity index (χ4n) is 0.818. The minimum Gasteiger partial charge on any atom is -0.385 e. The van der Waals surface area contributed by atoms with Gasteiger partial charge in [-0.1, -0.05) is 13.8 Å². The highest BCUT2D eigenvalue weighted by molar-refractivity contribution is 5.94. The van der Waals surface area contributed by atoms with Crippen molar-refractivity contribution in [1.82, 2.24) is 5.06 Å². The second-order valence-corrected chi connectivity index (χ2v) is 1.84. The van der Waals surface area contributed by atoms with Crippen molar-refractivity contribution >= 4 is 5.84 Å². The molecule has 0 spiro atoms. The monoisotopic (exact) mass is 152 g/mol. The Labute approximate surface area is 66.6 Å². The predicted molar refractivity (Wildman–Crippen MR) is 44.9 cm³/mol. The molecule has 11 heavy (non-hydrogen) atoms. The molecule has 0 N–H and O–H groups in total. The molecule has 2 aliphatic heterocycles. The van der Waals surface area contributed by atoms with Crippen LogP contribution in [0.4, 0.5) is 0 Å². The molecule has 0 amide bonds. The van der Waals surface area contributed by atoms with Crippen molar-refractivity contribution in [2.75, 3.05) is 6.54 Å². The maximum absolute atomic E-state index is 5.03. The van der Waals surface area contributed by atoms with Gasteiger partial charge in [-0.25, -0.2) is 4.99 Å². The topological polar surface area (TPSA) is 24.8 Å². The molecule has 0 bridgehead atoms. The highest BCUT2D eigenvalue weighted by Gasteiger charge is 2.14. The van der Waals surface area contributed by atoms with Crippen LogP contribution < -0.4 is 0 Å². The molecule has 2 aliphatic rings. The second-order valence-electron chi connectivity index (χ2n) is 1.84. The molecule has 0 aromatic rings. The van der Waals surface area contributed by atoms with E-state index >= 15 is 0 Å². The summed E-state index contributed by atoms with van der Waals surface area (Å²) in [6.07, 6.45) is 7.19. The Morgan fingerprint density at radius 2 is 2.36 bits per heavy atom. The number of fused-ring (bicyclic) bond motifs is 1. The first-order valence-corrected chi connectivity index (χ1v) is 3.80. The van der Waals surface area contributed by atoms with Crippen LogP contribution in [0.3, 0.4) is 0 Å². The number of hydrogen-bond acceptors (Lipinski definition) is 3. The van der Waals surface area contributed by atoms with E-state index in [0.29, 0.717) is 0 Å². The summed E-state index contributed by atoms with van der Waals surface area (Å²) in [5.41, 5.74) is 0. The Balaban J connectivity index is 0.000000281. The van der Waals surface area contributed by atoms with Gasteiger partial charge in [-0.05, 0) is 6.08 Å². The van der Waals surface area contributed by atoms with Crippen LogP contribution in [0.5, 0.6) is 0 Å². The summed E-state index contributed by atoms with van der Waals surface area (Å²) in [6, 6.07) is 0. The first-order chi connectivity index (χ1) is 5.47. The molecular formula is C8H12N2O. The van der Waals surface area contributed by atoms with Crippen molar-refractivity contribution in [2.45, 2.75) is 13.8 Å². The fraction of sp³-hybridized carbons (Fsp3) is 0.375. The van der Waals surface area contributed by atoms with Crippen LogP contribution in [0.25, 0.3) is 0 Å². The number of amidine groups is 1. The van der Waals surface area contributed by atoms with Crippen LogP contribution in [0.1, 0.15) is 13.8 Å². The summed E-state index contributed by atoms with van der Waals surface area (Å²) >= 11 is 0. The van der Waals surface area contributed by atoms with Crippen LogP contribution in [-0.2, 0) is 4.84 Å². The molecule has 0 saturated carbocycles. The lowest BCUT2D eigenvalue weighted by atomic mass is 10.4. The summed E-state index contributed by atoms with van der Waals surface area (Å²) in [5, 5.41) is 1.72. The van der Waals surface area contributed by atoms with E-state index in [4.69, 9.17) is 4.84 Å². The lowest BCUT2D eigenvalue weighted by Crippen LogP contribution is -2.25. The maximum atomic E-state index is 5.03. The average Bonchev–Trinajstić information content (AvgIpc) is 2.55. The molecule has 0 unspecified atom stereocenters. The van der Waals surface area contributed by atoms with Gasteiger partial charge in [0.2, 0.25) is 0 Å². The summed E-state index contributed by atoms with van der Waals surface area (Å²) < 4.78 is 0. The van der Waals surface area contributed by atoms with Crippen molar-refractivity contribution in [3.8, 4) is 0 Å². The van der Waals surface area contributed by atoms with E-state index in [0.717, 1.165) is 12.4 Å².